The van der Waals surface area contributed by atoms with Crippen molar-refractivity contribution in [2.45, 2.75) is 32.2 Å². The molecule has 2 aromatic heterocycles. The summed E-state index contributed by atoms with van der Waals surface area (Å²) in [6.07, 6.45) is 4.51. The lowest BCUT2D eigenvalue weighted by Crippen LogP contribution is -3.13. The van der Waals surface area contributed by atoms with Gasteiger partial charge >= 0.3 is 0 Å². The summed E-state index contributed by atoms with van der Waals surface area (Å²) in [5, 5.41) is 10.3. The fraction of sp³-hybridized carbons (Fsp3) is 0.429. The van der Waals surface area contributed by atoms with Crippen molar-refractivity contribution < 1.29 is 10.0 Å². The average Bonchev–Trinajstić information content (AvgIpc) is 3.08. The topological polar surface area (TPSA) is 73.7 Å². The molecule has 0 radical (unpaired) electrons. The Bertz CT molecular complexity index is 1050. The molecule has 0 spiro atoms. The first-order valence-corrected chi connectivity index (χ1v) is 10.9. The molecule has 28 heavy (non-hydrogen) atoms. The lowest BCUT2D eigenvalue weighted by Gasteiger charge is -2.33. The minimum Gasteiger partial charge on any atom is -0.508 e. The molecule has 1 aromatic carbocycles. The van der Waals surface area contributed by atoms with Gasteiger partial charge in [-0.15, -0.1) is 11.3 Å². The Morgan fingerprint density at radius 3 is 2.68 bits per heavy atom. The maximum absolute atomic E-state index is 12.7. The third kappa shape index (κ3) is 3.29. The van der Waals surface area contributed by atoms with Crippen LogP contribution in [-0.2, 0) is 19.4 Å². The van der Waals surface area contributed by atoms with E-state index in [1.54, 1.807) is 23.5 Å². The zero-order valence-corrected chi connectivity index (χ0v) is 16.6. The molecule has 0 atom stereocenters. The van der Waals surface area contributed by atoms with E-state index in [1.165, 1.54) is 28.2 Å². The number of aromatic amines is 1. The number of rotatable bonds is 3. The lowest BCUT2D eigenvalue weighted by atomic mass is 9.97. The number of piperazine rings is 1. The van der Waals surface area contributed by atoms with Crippen molar-refractivity contribution in [3.63, 3.8) is 0 Å². The minimum atomic E-state index is 0.0431. The Morgan fingerprint density at radius 1 is 1.14 bits per heavy atom. The molecule has 146 valence electrons. The van der Waals surface area contributed by atoms with Gasteiger partial charge in [-0.1, -0.05) is 0 Å². The number of anilines is 1. The molecule has 0 bridgehead atoms. The molecule has 0 amide bonds. The standard InChI is InChI=1S/C21H24N4O2S/c26-15-7-5-14(6-8-15)25-11-9-24(10-12-25)13-18-22-20(27)19-16-3-1-2-4-17(16)28-21(19)23-18/h5-8,26H,1-4,9-13H2,(H,22,23,27)/p+1. The summed E-state index contributed by atoms with van der Waals surface area (Å²) in [7, 11) is 0. The van der Waals surface area contributed by atoms with Gasteiger partial charge in [-0.2, -0.15) is 0 Å². The maximum Gasteiger partial charge on any atom is 0.260 e. The van der Waals surface area contributed by atoms with Gasteiger partial charge in [-0.3, -0.25) is 4.79 Å². The second-order valence-electron chi connectivity index (χ2n) is 7.83. The Hall–Kier alpha value is -2.38. The smallest absolute Gasteiger partial charge is 0.260 e. The molecule has 1 fully saturated rings. The average molecular weight is 398 g/mol. The minimum absolute atomic E-state index is 0.0431. The van der Waals surface area contributed by atoms with E-state index in [-0.39, 0.29) is 5.56 Å². The Kier molecular flexibility index (Phi) is 4.56. The van der Waals surface area contributed by atoms with Gasteiger partial charge in [0.1, 0.15) is 17.1 Å². The van der Waals surface area contributed by atoms with Crippen LogP contribution in [0.4, 0.5) is 5.69 Å². The van der Waals surface area contributed by atoms with E-state index in [4.69, 9.17) is 4.98 Å². The first-order chi connectivity index (χ1) is 13.7. The SMILES string of the molecule is O=c1[nH]c(C[NH+]2CCN(c3ccc(O)cc3)CC2)nc2sc3c(c12)CCCC3. The van der Waals surface area contributed by atoms with Gasteiger partial charge in [0.15, 0.2) is 5.82 Å². The third-order valence-corrected chi connectivity index (χ3v) is 7.16. The van der Waals surface area contributed by atoms with E-state index in [0.29, 0.717) is 5.75 Å². The molecule has 5 rings (SSSR count). The van der Waals surface area contributed by atoms with Gasteiger partial charge in [-0.05, 0) is 55.5 Å². The van der Waals surface area contributed by atoms with E-state index >= 15 is 0 Å². The summed E-state index contributed by atoms with van der Waals surface area (Å²) >= 11 is 1.72. The first-order valence-electron chi connectivity index (χ1n) is 10.1. The van der Waals surface area contributed by atoms with E-state index in [0.717, 1.165) is 67.3 Å². The second-order valence-corrected chi connectivity index (χ2v) is 8.92. The van der Waals surface area contributed by atoms with Crippen LogP contribution in [0.15, 0.2) is 29.1 Å². The van der Waals surface area contributed by atoms with Crippen LogP contribution < -0.4 is 15.4 Å². The summed E-state index contributed by atoms with van der Waals surface area (Å²) in [6.45, 7) is 4.68. The predicted octanol–water partition coefficient (Wildman–Crippen LogP) is 1.47. The van der Waals surface area contributed by atoms with Crippen LogP contribution >= 0.6 is 11.3 Å². The van der Waals surface area contributed by atoms with Crippen molar-refractivity contribution in [3.05, 3.63) is 50.9 Å². The number of H-pyrrole nitrogens is 1. The number of thiophene rings is 1. The summed E-state index contributed by atoms with van der Waals surface area (Å²) in [6, 6.07) is 7.40. The highest BCUT2D eigenvalue weighted by Gasteiger charge is 2.23. The zero-order valence-electron chi connectivity index (χ0n) is 15.8. The van der Waals surface area contributed by atoms with Crippen LogP contribution in [0, 0.1) is 0 Å². The number of nitrogens with zero attached hydrogens (tertiary/aromatic N) is 2. The third-order valence-electron chi connectivity index (χ3n) is 5.98. The molecule has 7 heteroatoms. The van der Waals surface area contributed by atoms with Gasteiger partial charge in [0.2, 0.25) is 0 Å². The van der Waals surface area contributed by atoms with Crippen LogP contribution in [0.25, 0.3) is 10.2 Å². The number of aromatic nitrogens is 2. The molecular weight excluding hydrogens is 372 g/mol. The fourth-order valence-electron chi connectivity index (χ4n) is 4.45. The number of fused-ring (bicyclic) bond motifs is 3. The van der Waals surface area contributed by atoms with E-state index < -0.39 is 0 Å². The number of aryl methyl sites for hydroxylation is 2. The van der Waals surface area contributed by atoms with Gasteiger partial charge < -0.3 is 19.9 Å². The van der Waals surface area contributed by atoms with Gasteiger partial charge in [-0.25, -0.2) is 4.98 Å². The van der Waals surface area contributed by atoms with Crippen molar-refractivity contribution in [1.82, 2.24) is 9.97 Å². The number of aromatic hydroxyl groups is 1. The number of benzene rings is 1. The summed E-state index contributed by atoms with van der Waals surface area (Å²) in [5.41, 5.74) is 2.44. The Morgan fingerprint density at radius 2 is 1.89 bits per heavy atom. The molecule has 0 unspecified atom stereocenters. The summed E-state index contributed by atoms with van der Waals surface area (Å²) in [4.78, 5) is 26.7. The number of phenols is 1. The Balaban J connectivity index is 1.30. The monoisotopic (exact) mass is 397 g/mol. The van der Waals surface area contributed by atoms with Crippen LogP contribution in [-0.4, -0.2) is 41.3 Å². The van der Waals surface area contributed by atoms with E-state index in [1.807, 2.05) is 12.1 Å². The molecule has 3 heterocycles. The van der Waals surface area contributed by atoms with Crippen LogP contribution in [0.5, 0.6) is 5.75 Å². The molecule has 1 saturated heterocycles. The van der Waals surface area contributed by atoms with E-state index in [2.05, 4.69) is 9.88 Å². The fourth-order valence-corrected chi connectivity index (χ4v) is 5.73. The molecule has 3 N–H and O–H groups in total. The zero-order chi connectivity index (χ0) is 19.1. The highest BCUT2D eigenvalue weighted by Crippen LogP contribution is 2.33. The van der Waals surface area contributed by atoms with Crippen molar-refractivity contribution in [1.29, 1.82) is 0 Å². The van der Waals surface area contributed by atoms with Crippen molar-refractivity contribution in [2.24, 2.45) is 0 Å². The lowest BCUT2D eigenvalue weighted by molar-refractivity contribution is -0.915. The predicted molar refractivity (Wildman–Crippen MR) is 112 cm³/mol. The maximum atomic E-state index is 12.7. The van der Waals surface area contributed by atoms with Gasteiger partial charge in [0.25, 0.3) is 5.56 Å². The molecule has 1 aliphatic heterocycles. The second kappa shape index (κ2) is 7.22. The molecule has 3 aromatic rings. The van der Waals surface area contributed by atoms with E-state index in [9.17, 15) is 9.90 Å². The number of phenolic OH excluding ortho intramolecular Hbond substituents is 1. The largest absolute Gasteiger partial charge is 0.508 e. The molecule has 1 aliphatic carbocycles. The molecular formula is C21H25N4O2S+. The highest BCUT2D eigenvalue weighted by atomic mass is 32.1. The normalized spacial score (nSPS) is 17.8. The first kappa shape index (κ1) is 17.7. The molecule has 0 saturated carbocycles. The number of quaternary nitrogens is 1. The van der Waals surface area contributed by atoms with Crippen LogP contribution in [0.1, 0.15) is 29.1 Å². The molecule has 6 nitrogen and oxygen atoms in total. The number of hydrogen-bond acceptors (Lipinski definition) is 5. The summed E-state index contributed by atoms with van der Waals surface area (Å²) in [5.74, 6) is 1.11. The quantitative estimate of drug-likeness (QED) is 0.626. The van der Waals surface area contributed by atoms with Crippen molar-refractivity contribution >= 4 is 27.2 Å². The van der Waals surface area contributed by atoms with Crippen LogP contribution in [0.3, 0.4) is 0 Å². The highest BCUT2D eigenvalue weighted by molar-refractivity contribution is 7.18. The molecule has 2 aliphatic rings. The number of hydrogen-bond donors (Lipinski definition) is 3. The van der Waals surface area contributed by atoms with Crippen molar-refractivity contribution in [2.75, 3.05) is 31.1 Å². The number of nitrogens with one attached hydrogen (secondary N) is 2. The van der Waals surface area contributed by atoms with Gasteiger partial charge in [0, 0.05) is 10.6 Å². The summed E-state index contributed by atoms with van der Waals surface area (Å²) < 4.78 is 0. The van der Waals surface area contributed by atoms with Crippen LogP contribution in [0.2, 0.25) is 0 Å². The Labute approximate surface area is 167 Å². The van der Waals surface area contributed by atoms with Gasteiger partial charge in [0.05, 0.1) is 31.6 Å². The van der Waals surface area contributed by atoms with Crippen molar-refractivity contribution in [3.8, 4) is 5.75 Å².